The van der Waals surface area contributed by atoms with E-state index >= 15 is 0 Å². The van der Waals surface area contributed by atoms with Gasteiger partial charge in [0.05, 0.1) is 10.6 Å². The molecule has 1 atom stereocenters. The number of alkyl halides is 3. The minimum absolute atomic E-state index is 0.118. The molecule has 0 amide bonds. The molecule has 0 bridgehead atoms. The highest BCUT2D eigenvalue weighted by molar-refractivity contribution is 7.05. The van der Waals surface area contributed by atoms with E-state index in [1.165, 1.54) is 0 Å². The van der Waals surface area contributed by atoms with Gasteiger partial charge in [0, 0.05) is 12.5 Å². The summed E-state index contributed by atoms with van der Waals surface area (Å²) >= 11 is 1.08. The quantitative estimate of drug-likeness (QED) is 0.897. The maximum atomic E-state index is 12.0. The molecule has 1 unspecified atom stereocenters. The molecule has 1 aromatic heterocycles. The lowest BCUT2D eigenvalue weighted by Crippen LogP contribution is -2.16. The summed E-state index contributed by atoms with van der Waals surface area (Å²) in [6.07, 6.45) is -5.15. The molecule has 1 rings (SSSR count). The van der Waals surface area contributed by atoms with Crippen molar-refractivity contribution >= 4 is 11.5 Å². The standard InChI is InChI=1S/C9H14F3N3S/c1-5(2)7-8(16-15-14-7)6(13)3-4-9(10,11)12/h5-6H,3-4,13H2,1-2H3. The maximum absolute atomic E-state index is 12.0. The molecule has 0 saturated carbocycles. The third-order valence-electron chi connectivity index (χ3n) is 2.16. The topological polar surface area (TPSA) is 51.8 Å². The van der Waals surface area contributed by atoms with Crippen LogP contribution in [-0.4, -0.2) is 15.8 Å². The second-order valence-corrected chi connectivity index (χ2v) is 4.72. The molecule has 0 aliphatic heterocycles. The molecular formula is C9H14F3N3S. The van der Waals surface area contributed by atoms with E-state index in [4.69, 9.17) is 5.73 Å². The van der Waals surface area contributed by atoms with Crippen LogP contribution >= 0.6 is 11.5 Å². The number of rotatable bonds is 4. The van der Waals surface area contributed by atoms with Gasteiger partial charge in [0.25, 0.3) is 0 Å². The summed E-state index contributed by atoms with van der Waals surface area (Å²) in [4.78, 5) is 0.666. The zero-order valence-corrected chi connectivity index (χ0v) is 9.90. The number of hydrogen-bond acceptors (Lipinski definition) is 4. The predicted molar refractivity (Wildman–Crippen MR) is 56.2 cm³/mol. The molecular weight excluding hydrogens is 239 g/mol. The maximum Gasteiger partial charge on any atom is 0.389 e. The lowest BCUT2D eigenvalue weighted by Gasteiger charge is -2.13. The Morgan fingerprint density at radius 2 is 2.00 bits per heavy atom. The van der Waals surface area contributed by atoms with Gasteiger partial charge in [-0.05, 0) is 23.9 Å². The Kier molecular flexibility index (Phi) is 4.26. The molecule has 1 aromatic rings. The summed E-state index contributed by atoms with van der Waals surface area (Å²) in [5.74, 6) is 0.130. The molecule has 2 N–H and O–H groups in total. The van der Waals surface area contributed by atoms with Gasteiger partial charge in [-0.15, -0.1) is 5.10 Å². The SMILES string of the molecule is CC(C)c1nnsc1C(N)CCC(F)(F)F. The molecule has 7 heteroatoms. The highest BCUT2D eigenvalue weighted by Gasteiger charge is 2.29. The number of nitrogens with zero attached hydrogens (tertiary/aromatic N) is 2. The number of nitrogens with two attached hydrogens (primary N) is 1. The molecule has 0 aromatic carbocycles. The van der Waals surface area contributed by atoms with Gasteiger partial charge >= 0.3 is 6.18 Å². The second kappa shape index (κ2) is 5.09. The van der Waals surface area contributed by atoms with Crippen molar-refractivity contribution in [2.24, 2.45) is 5.73 Å². The van der Waals surface area contributed by atoms with Gasteiger partial charge in [-0.25, -0.2) is 0 Å². The van der Waals surface area contributed by atoms with E-state index in [2.05, 4.69) is 9.59 Å². The van der Waals surface area contributed by atoms with E-state index in [0.717, 1.165) is 11.5 Å². The highest BCUT2D eigenvalue weighted by Crippen LogP contribution is 2.30. The number of aromatic nitrogens is 2. The fourth-order valence-corrected chi connectivity index (χ4v) is 2.15. The molecule has 0 aliphatic rings. The summed E-state index contributed by atoms with van der Waals surface area (Å²) in [6.45, 7) is 3.83. The molecule has 0 spiro atoms. The van der Waals surface area contributed by atoms with Crippen LogP contribution in [0.15, 0.2) is 0 Å². The van der Waals surface area contributed by atoms with Crippen molar-refractivity contribution in [2.45, 2.75) is 44.8 Å². The number of hydrogen-bond donors (Lipinski definition) is 1. The third-order valence-corrected chi connectivity index (χ3v) is 3.03. The van der Waals surface area contributed by atoms with Crippen molar-refractivity contribution in [1.82, 2.24) is 9.59 Å². The summed E-state index contributed by atoms with van der Waals surface area (Å²) in [6, 6.07) is -0.626. The van der Waals surface area contributed by atoms with Gasteiger partial charge in [-0.1, -0.05) is 18.3 Å². The minimum atomic E-state index is -4.16. The largest absolute Gasteiger partial charge is 0.389 e. The van der Waals surface area contributed by atoms with Crippen molar-refractivity contribution in [1.29, 1.82) is 0 Å². The van der Waals surface area contributed by atoms with E-state index in [0.29, 0.717) is 10.6 Å². The van der Waals surface area contributed by atoms with Crippen LogP contribution in [0.2, 0.25) is 0 Å². The van der Waals surface area contributed by atoms with Crippen LogP contribution in [0.4, 0.5) is 13.2 Å². The summed E-state index contributed by atoms with van der Waals surface area (Å²) in [5, 5.41) is 3.89. The molecule has 0 radical (unpaired) electrons. The fourth-order valence-electron chi connectivity index (χ4n) is 1.31. The van der Waals surface area contributed by atoms with Crippen LogP contribution in [0.25, 0.3) is 0 Å². The monoisotopic (exact) mass is 253 g/mol. The van der Waals surface area contributed by atoms with Gasteiger partial charge in [-0.3, -0.25) is 0 Å². The Hall–Kier alpha value is -0.690. The Morgan fingerprint density at radius 3 is 2.50 bits per heavy atom. The molecule has 3 nitrogen and oxygen atoms in total. The van der Waals surface area contributed by atoms with Crippen molar-refractivity contribution in [3.05, 3.63) is 10.6 Å². The third kappa shape index (κ3) is 3.71. The van der Waals surface area contributed by atoms with E-state index in [1.807, 2.05) is 13.8 Å². The average Bonchev–Trinajstić information content (AvgIpc) is 2.61. The van der Waals surface area contributed by atoms with Crippen LogP contribution < -0.4 is 5.73 Å². The molecule has 92 valence electrons. The predicted octanol–water partition coefficient (Wildman–Crippen LogP) is 3.00. The summed E-state index contributed by atoms with van der Waals surface area (Å²) in [5.41, 5.74) is 6.42. The van der Waals surface area contributed by atoms with E-state index in [9.17, 15) is 13.2 Å². The Balaban J connectivity index is 2.66. The summed E-state index contributed by atoms with van der Waals surface area (Å²) < 4.78 is 39.8. The summed E-state index contributed by atoms with van der Waals surface area (Å²) in [7, 11) is 0. The van der Waals surface area contributed by atoms with E-state index in [-0.39, 0.29) is 12.3 Å². The van der Waals surface area contributed by atoms with Gasteiger partial charge < -0.3 is 5.73 Å². The van der Waals surface area contributed by atoms with E-state index < -0.39 is 18.6 Å². The normalized spacial score (nSPS) is 14.4. The molecule has 0 saturated heterocycles. The van der Waals surface area contributed by atoms with Gasteiger partial charge in [0.15, 0.2) is 0 Å². The zero-order valence-electron chi connectivity index (χ0n) is 9.08. The van der Waals surface area contributed by atoms with Crippen LogP contribution in [0, 0.1) is 0 Å². The average molecular weight is 253 g/mol. The lowest BCUT2D eigenvalue weighted by molar-refractivity contribution is -0.136. The first-order chi connectivity index (χ1) is 7.31. The van der Waals surface area contributed by atoms with Gasteiger partial charge in [0.2, 0.25) is 0 Å². The number of halogens is 3. The molecule has 16 heavy (non-hydrogen) atoms. The fraction of sp³-hybridized carbons (Fsp3) is 0.778. The van der Waals surface area contributed by atoms with Crippen LogP contribution in [0.1, 0.15) is 49.2 Å². The lowest BCUT2D eigenvalue weighted by atomic mass is 10.0. The first kappa shape index (κ1) is 13.4. The molecule has 0 aliphatic carbocycles. The Morgan fingerprint density at radius 1 is 1.38 bits per heavy atom. The smallest absolute Gasteiger partial charge is 0.323 e. The second-order valence-electron chi connectivity index (χ2n) is 3.94. The van der Waals surface area contributed by atoms with Gasteiger partial charge in [-0.2, -0.15) is 13.2 Å². The van der Waals surface area contributed by atoms with Crippen LogP contribution in [0.3, 0.4) is 0 Å². The zero-order chi connectivity index (χ0) is 12.3. The minimum Gasteiger partial charge on any atom is -0.323 e. The molecule has 1 heterocycles. The highest BCUT2D eigenvalue weighted by atomic mass is 32.1. The van der Waals surface area contributed by atoms with Gasteiger partial charge in [0.1, 0.15) is 0 Å². The van der Waals surface area contributed by atoms with Crippen molar-refractivity contribution in [3.8, 4) is 0 Å². The van der Waals surface area contributed by atoms with E-state index in [1.54, 1.807) is 0 Å². The first-order valence-corrected chi connectivity index (χ1v) is 5.73. The Labute approximate surface area is 96.0 Å². The Bertz CT molecular complexity index is 335. The van der Waals surface area contributed by atoms with Crippen LogP contribution in [-0.2, 0) is 0 Å². The van der Waals surface area contributed by atoms with Crippen molar-refractivity contribution in [2.75, 3.05) is 0 Å². The van der Waals surface area contributed by atoms with Crippen molar-refractivity contribution in [3.63, 3.8) is 0 Å². The first-order valence-electron chi connectivity index (χ1n) is 4.95. The molecule has 0 fully saturated rings. The van der Waals surface area contributed by atoms with Crippen molar-refractivity contribution < 1.29 is 13.2 Å². The van der Waals surface area contributed by atoms with Crippen LogP contribution in [0.5, 0.6) is 0 Å².